The summed E-state index contributed by atoms with van der Waals surface area (Å²) in [6.07, 6.45) is 3.93. The number of hydrogen-bond donors (Lipinski definition) is 3. The van der Waals surface area contributed by atoms with Crippen molar-refractivity contribution >= 4 is 12.0 Å². The van der Waals surface area contributed by atoms with Gasteiger partial charge in [0.15, 0.2) is 0 Å². The van der Waals surface area contributed by atoms with Crippen LogP contribution in [0.1, 0.15) is 18.4 Å². The average Bonchev–Trinajstić information content (AvgIpc) is 2.40. The first-order valence-corrected chi connectivity index (χ1v) is 5.93. The molecule has 1 rings (SSSR count). The minimum absolute atomic E-state index is 0.213. The van der Waals surface area contributed by atoms with E-state index in [2.05, 4.69) is 0 Å². The Morgan fingerprint density at radius 2 is 2.16 bits per heavy atom. The zero-order valence-corrected chi connectivity index (χ0v) is 10.5. The molecule has 19 heavy (non-hydrogen) atoms. The Bertz CT molecular complexity index is 460. The highest BCUT2D eigenvalue weighted by Gasteiger charge is 2.05. The van der Waals surface area contributed by atoms with Gasteiger partial charge in [-0.2, -0.15) is 0 Å². The van der Waals surface area contributed by atoms with Crippen molar-refractivity contribution in [2.24, 2.45) is 5.73 Å². The summed E-state index contributed by atoms with van der Waals surface area (Å²) >= 11 is 0. The number of rotatable bonds is 6. The fraction of sp³-hybridized carbons (Fsp3) is 0.308. The molecule has 0 aliphatic carbocycles. The van der Waals surface area contributed by atoms with E-state index >= 15 is 0 Å². The number of nitrogens with zero attached hydrogens (tertiary/aromatic N) is 1. The van der Waals surface area contributed by atoms with E-state index in [4.69, 9.17) is 5.73 Å². The van der Waals surface area contributed by atoms with Crippen LogP contribution >= 0.6 is 0 Å². The van der Waals surface area contributed by atoms with Gasteiger partial charge >= 0.3 is 0 Å². The first kappa shape index (κ1) is 15.0. The number of benzene rings is 1. The Kier molecular flexibility index (Phi) is 5.84. The fourth-order valence-electron chi connectivity index (χ4n) is 1.41. The summed E-state index contributed by atoms with van der Waals surface area (Å²) in [6.45, 7) is 0.726. The van der Waals surface area contributed by atoms with Crippen LogP contribution in [0.2, 0.25) is 0 Å². The largest absolute Gasteiger partial charge is 0.870 e. The van der Waals surface area contributed by atoms with Gasteiger partial charge in [-0.05, 0) is 37.1 Å². The van der Waals surface area contributed by atoms with Gasteiger partial charge in [-0.15, -0.1) is 0 Å². The standard InChI is InChI=1S/C13H18N2O4/c14-7-1-2-8-15(19)13(18)6-4-10-3-5-11(16)12(17)9-10/h3-6,9,16-17,19H,1-2,7-8,14H2/p-1/b6-4+. The molecule has 104 valence electrons. The molecule has 1 aromatic rings. The number of unbranched alkanes of at least 4 members (excludes halogenated alkanes) is 1. The molecule has 0 aromatic heterocycles. The second kappa shape index (κ2) is 7.40. The third-order valence-corrected chi connectivity index (χ3v) is 2.48. The third-order valence-electron chi connectivity index (χ3n) is 2.48. The first-order valence-electron chi connectivity index (χ1n) is 5.93. The van der Waals surface area contributed by atoms with Crippen LogP contribution in [-0.4, -0.2) is 34.4 Å². The Balaban J connectivity index is 2.55. The monoisotopic (exact) mass is 265 g/mol. The number of carbonyl (C=O) groups is 1. The van der Waals surface area contributed by atoms with Crippen molar-refractivity contribution in [1.82, 2.24) is 5.06 Å². The molecule has 6 heteroatoms. The topological polar surface area (TPSA) is 110 Å². The van der Waals surface area contributed by atoms with Crippen LogP contribution in [-0.2, 0) is 4.79 Å². The summed E-state index contributed by atoms with van der Waals surface area (Å²) in [6, 6.07) is 3.93. The third kappa shape index (κ3) is 4.99. The van der Waals surface area contributed by atoms with Crippen molar-refractivity contribution < 1.29 is 20.2 Å². The molecule has 1 amide bonds. The molecule has 0 atom stereocenters. The Hall–Kier alpha value is -2.05. The summed E-state index contributed by atoms with van der Waals surface area (Å²) in [5, 5.41) is 30.2. The quantitative estimate of drug-likeness (QED) is 0.299. The maximum Gasteiger partial charge on any atom is 0.269 e. The molecular weight excluding hydrogens is 248 g/mol. The van der Waals surface area contributed by atoms with Crippen LogP contribution < -0.4 is 10.8 Å². The van der Waals surface area contributed by atoms with Crippen LogP contribution in [0.25, 0.3) is 6.08 Å². The van der Waals surface area contributed by atoms with E-state index in [1.165, 1.54) is 30.4 Å². The summed E-state index contributed by atoms with van der Waals surface area (Å²) < 4.78 is 0. The summed E-state index contributed by atoms with van der Waals surface area (Å²) in [5.41, 5.74) is 5.80. The number of phenolic OH excluding ortho intramolecular Hbond substituents is 1. The van der Waals surface area contributed by atoms with Gasteiger partial charge in [0.25, 0.3) is 5.91 Å². The number of phenols is 1. The summed E-state index contributed by atoms with van der Waals surface area (Å²) in [7, 11) is 0. The number of hydrogen-bond acceptors (Lipinski definition) is 5. The van der Waals surface area contributed by atoms with Crippen molar-refractivity contribution in [3.05, 3.63) is 29.8 Å². The number of nitrogens with two attached hydrogens (primary N) is 1. The van der Waals surface area contributed by atoms with E-state index in [0.29, 0.717) is 23.6 Å². The number of carbonyl (C=O) groups excluding carboxylic acids is 1. The Morgan fingerprint density at radius 1 is 1.42 bits per heavy atom. The molecule has 0 unspecified atom stereocenters. The van der Waals surface area contributed by atoms with E-state index in [1.54, 1.807) is 0 Å². The van der Waals surface area contributed by atoms with Gasteiger partial charge in [-0.1, -0.05) is 17.9 Å². The average molecular weight is 265 g/mol. The molecule has 0 spiro atoms. The summed E-state index contributed by atoms with van der Waals surface area (Å²) in [4.78, 5) is 11.5. The van der Waals surface area contributed by atoms with Gasteiger partial charge in [-0.25, -0.2) is 5.06 Å². The van der Waals surface area contributed by atoms with Crippen molar-refractivity contribution in [3.8, 4) is 11.5 Å². The SMILES string of the molecule is NCCCCN(O)C(=O)/C=C/c1ccc([O-])c(O)c1. The number of amides is 1. The maximum absolute atomic E-state index is 11.5. The van der Waals surface area contributed by atoms with Crippen LogP contribution in [0, 0.1) is 0 Å². The zero-order valence-electron chi connectivity index (χ0n) is 10.5. The second-order valence-corrected chi connectivity index (χ2v) is 4.02. The van der Waals surface area contributed by atoms with Crippen LogP contribution in [0.3, 0.4) is 0 Å². The molecule has 0 bridgehead atoms. The predicted octanol–water partition coefficient (Wildman–Crippen LogP) is 0.436. The lowest BCUT2D eigenvalue weighted by atomic mass is 10.2. The van der Waals surface area contributed by atoms with Crippen LogP contribution in [0.4, 0.5) is 0 Å². The molecule has 0 radical (unpaired) electrons. The molecule has 0 heterocycles. The van der Waals surface area contributed by atoms with E-state index in [9.17, 15) is 20.2 Å². The lowest BCUT2D eigenvalue weighted by Crippen LogP contribution is -2.26. The van der Waals surface area contributed by atoms with Crippen LogP contribution in [0.15, 0.2) is 24.3 Å². The minimum Gasteiger partial charge on any atom is -0.870 e. The predicted molar refractivity (Wildman–Crippen MR) is 68.4 cm³/mol. The highest BCUT2D eigenvalue weighted by molar-refractivity contribution is 5.91. The van der Waals surface area contributed by atoms with Gasteiger partial charge in [-0.3, -0.25) is 10.0 Å². The zero-order chi connectivity index (χ0) is 14.3. The highest BCUT2D eigenvalue weighted by Crippen LogP contribution is 2.22. The second-order valence-electron chi connectivity index (χ2n) is 4.02. The fourth-order valence-corrected chi connectivity index (χ4v) is 1.41. The molecule has 0 aliphatic heterocycles. The van der Waals surface area contributed by atoms with E-state index in [0.717, 1.165) is 6.42 Å². The first-order chi connectivity index (χ1) is 9.04. The van der Waals surface area contributed by atoms with Gasteiger partial charge in [0.2, 0.25) is 0 Å². The maximum atomic E-state index is 11.5. The minimum atomic E-state index is -0.567. The molecular formula is C13H17N2O4-. The van der Waals surface area contributed by atoms with Crippen LogP contribution in [0.5, 0.6) is 11.5 Å². The molecule has 6 nitrogen and oxygen atoms in total. The van der Waals surface area contributed by atoms with Crippen molar-refractivity contribution in [1.29, 1.82) is 0 Å². The lowest BCUT2D eigenvalue weighted by molar-refractivity contribution is -0.270. The Labute approximate surface area is 111 Å². The van der Waals surface area contributed by atoms with Crippen molar-refractivity contribution in [2.75, 3.05) is 13.1 Å². The van der Waals surface area contributed by atoms with E-state index in [-0.39, 0.29) is 12.3 Å². The molecule has 0 fully saturated rings. The molecule has 1 aromatic carbocycles. The van der Waals surface area contributed by atoms with Gasteiger partial charge in [0, 0.05) is 12.6 Å². The Morgan fingerprint density at radius 3 is 2.79 bits per heavy atom. The lowest BCUT2D eigenvalue weighted by Gasteiger charge is -2.12. The molecule has 0 saturated carbocycles. The van der Waals surface area contributed by atoms with Crippen molar-refractivity contribution in [2.45, 2.75) is 12.8 Å². The molecule has 0 saturated heterocycles. The van der Waals surface area contributed by atoms with E-state index < -0.39 is 11.7 Å². The summed E-state index contributed by atoms with van der Waals surface area (Å²) in [5.74, 6) is -1.42. The smallest absolute Gasteiger partial charge is 0.269 e. The van der Waals surface area contributed by atoms with Crippen molar-refractivity contribution in [3.63, 3.8) is 0 Å². The molecule has 0 aliphatic rings. The van der Waals surface area contributed by atoms with Gasteiger partial charge in [0.1, 0.15) is 5.75 Å². The number of hydroxylamine groups is 2. The van der Waals surface area contributed by atoms with Gasteiger partial charge in [0.05, 0.1) is 0 Å². The highest BCUT2D eigenvalue weighted by atomic mass is 16.5. The molecule has 4 N–H and O–H groups in total. The normalized spacial score (nSPS) is 10.8. The van der Waals surface area contributed by atoms with Gasteiger partial charge < -0.3 is 15.9 Å². The van der Waals surface area contributed by atoms with E-state index in [1.807, 2.05) is 0 Å². The number of aromatic hydroxyl groups is 1.